The van der Waals surface area contributed by atoms with E-state index in [0.717, 1.165) is 155 Å². The number of primary amides is 1. The van der Waals surface area contributed by atoms with Crippen LogP contribution < -0.4 is 5.73 Å². The summed E-state index contributed by atoms with van der Waals surface area (Å²) in [5.74, 6) is 6.79. The summed E-state index contributed by atoms with van der Waals surface area (Å²) >= 11 is 0. The second-order valence-electron chi connectivity index (χ2n) is 38.5. The van der Waals surface area contributed by atoms with Crippen LogP contribution in [0.5, 0.6) is 0 Å². The predicted molar refractivity (Wildman–Crippen MR) is 423 cm³/mol. The van der Waals surface area contributed by atoms with Crippen molar-refractivity contribution in [2.75, 3.05) is 216 Å². The van der Waals surface area contributed by atoms with Crippen LogP contribution in [0.25, 0.3) is 0 Å². The first-order valence-corrected chi connectivity index (χ1v) is 42.4. The Bertz CT molecular complexity index is 2230. The van der Waals surface area contributed by atoms with E-state index in [9.17, 15) is 30.3 Å². The van der Waals surface area contributed by atoms with Gasteiger partial charge in [-0.3, -0.25) is 63.6 Å². The maximum Gasteiger partial charge on any atom is 0.237 e. The number of piperidine rings is 3. The molecule has 598 valence electrons. The normalized spacial score (nSPS) is 28.1. The second kappa shape index (κ2) is 42.8. The zero-order valence-electron chi connectivity index (χ0n) is 69.0. The van der Waals surface area contributed by atoms with Crippen molar-refractivity contribution in [3.63, 3.8) is 0 Å². The van der Waals surface area contributed by atoms with Gasteiger partial charge < -0.3 is 36.2 Å². The van der Waals surface area contributed by atoms with E-state index in [4.69, 9.17) is 5.73 Å². The molecule has 12 aliphatic heterocycles. The molecule has 13 fully saturated rings. The van der Waals surface area contributed by atoms with Crippen molar-refractivity contribution >= 4 is 5.91 Å². The van der Waals surface area contributed by atoms with E-state index < -0.39 is 11.1 Å². The molecule has 20 nitrogen and oxygen atoms in total. The van der Waals surface area contributed by atoms with Gasteiger partial charge in [0.1, 0.15) is 5.60 Å². The summed E-state index contributed by atoms with van der Waals surface area (Å²) in [6.45, 7) is 72.7. The smallest absolute Gasteiger partial charge is 0.237 e. The maximum absolute atomic E-state index is 11.4. The first kappa shape index (κ1) is 88.0. The largest absolute Gasteiger partial charge is 0.393 e. The quantitative estimate of drug-likeness (QED) is 0.0621. The first-order valence-electron chi connectivity index (χ1n) is 42.4. The summed E-state index contributed by atoms with van der Waals surface area (Å²) in [4.78, 5) is 43.6. The van der Waals surface area contributed by atoms with Crippen LogP contribution in [0.3, 0.4) is 0 Å². The number of hydrogen-bond acceptors (Lipinski definition) is 19. The van der Waals surface area contributed by atoms with Crippen LogP contribution in [0, 0.1) is 53.3 Å². The van der Waals surface area contributed by atoms with E-state index in [1.54, 1.807) is 13.8 Å². The molecule has 1 aliphatic carbocycles. The Balaban J connectivity index is 0.000000167. The van der Waals surface area contributed by atoms with Crippen LogP contribution in [0.2, 0.25) is 0 Å². The van der Waals surface area contributed by atoms with E-state index in [-0.39, 0.29) is 30.3 Å². The monoisotopic (exact) mass is 1440 g/mol. The molecule has 1 saturated carbocycles. The topological polar surface area (TPSA) is 186 Å². The van der Waals surface area contributed by atoms with Gasteiger partial charge >= 0.3 is 0 Å². The Hall–Kier alpha value is -1.25. The second-order valence-corrected chi connectivity index (χ2v) is 38.5. The van der Waals surface area contributed by atoms with Gasteiger partial charge in [0.25, 0.3) is 0 Å². The van der Waals surface area contributed by atoms with E-state index in [2.05, 4.69) is 156 Å². The zero-order valence-corrected chi connectivity index (χ0v) is 69.0. The summed E-state index contributed by atoms with van der Waals surface area (Å²) in [7, 11) is 1.83. The van der Waals surface area contributed by atoms with Crippen LogP contribution in [0.15, 0.2) is 0 Å². The lowest BCUT2D eigenvalue weighted by atomic mass is 9.71. The summed E-state index contributed by atoms with van der Waals surface area (Å²) in [5.41, 5.74) is 3.93. The van der Waals surface area contributed by atoms with Crippen LogP contribution >= 0.6 is 0 Å². The van der Waals surface area contributed by atoms with E-state index in [1.165, 1.54) is 189 Å². The molecule has 0 aromatic rings. The Labute approximate surface area is 626 Å². The minimum atomic E-state index is -0.728. The lowest BCUT2D eigenvalue weighted by molar-refractivity contribution is -0.139. The highest BCUT2D eigenvalue weighted by atomic mass is 16.3. The number of hydrogen-bond donors (Lipinski definition) is 6. The molecule has 12 heterocycles. The fourth-order valence-corrected chi connectivity index (χ4v) is 18.2. The molecule has 0 bridgehead atoms. The van der Waals surface area contributed by atoms with Crippen molar-refractivity contribution in [2.24, 2.45) is 59.0 Å². The Kier molecular flexibility index (Phi) is 36.9. The van der Waals surface area contributed by atoms with Crippen LogP contribution in [0.4, 0.5) is 0 Å². The number of amides is 1. The van der Waals surface area contributed by atoms with E-state index in [0.29, 0.717) is 25.6 Å². The van der Waals surface area contributed by atoms with Crippen LogP contribution in [0.1, 0.15) is 188 Å². The molecule has 7 N–H and O–H groups in total. The molecule has 12 saturated heterocycles. The van der Waals surface area contributed by atoms with Crippen LogP contribution in [-0.4, -0.2) is 377 Å². The standard InChI is InChI=1S/C13H27N3O2.2C12H24N2O.C12H24N2.C11H22N2O.C11H22N2.C11H21NO/c1-10(2)6-16-8-13(18,9-16)7-15(5)12(3,4)11(14)17;1-10(2)7-13-8-11(9-13)14-5-3-12(15)4-6-14;1-10(2)6-13-7-11(8-13)14-5-3-4-12(15)9-14;1-11(2)8-13-9-12(10-13)14-6-4-3-5-7-14;1-9(2)5-12-6-10(7-12)13-4-3-11(14)8-13;1-10(2)7-12-8-11(9-12)13-5-3-4-6-13;1-8(2)5-12-6-10(7-12)9-3-11(13)4-9/h10,18H,6-9H2,1-5H3,(H2,14,17);2*10-12,15H,3-9H2,1-2H3;11-12H,3-10H2,1-2H3;9-11,14H,3-8H2,1-2H3;10-11H,3-9H2,1-2H3;8-11,13H,3-7H2,1-2H3. The number of carbonyl (C=O) groups excluding carboxylic acids is 1. The predicted octanol–water partition coefficient (Wildman–Crippen LogP) is 6.42. The summed E-state index contributed by atoms with van der Waals surface area (Å²) in [5, 5.41) is 48.0. The number of nitrogens with two attached hydrogens (primary N) is 1. The van der Waals surface area contributed by atoms with Gasteiger partial charge in [-0.1, -0.05) is 103 Å². The van der Waals surface area contributed by atoms with Crippen molar-refractivity contribution in [3.05, 3.63) is 0 Å². The van der Waals surface area contributed by atoms with Gasteiger partial charge in [0.15, 0.2) is 0 Å². The van der Waals surface area contributed by atoms with Crippen molar-refractivity contribution in [2.45, 2.75) is 254 Å². The Morgan fingerprint density at radius 2 is 0.657 bits per heavy atom. The van der Waals surface area contributed by atoms with Crippen molar-refractivity contribution in [1.82, 2.24) is 63.7 Å². The first-order chi connectivity index (χ1) is 48.2. The average Bonchev–Trinajstić information content (AvgIpc) is 1.05. The van der Waals surface area contributed by atoms with Gasteiger partial charge in [-0.15, -0.1) is 0 Å². The molecule has 0 aromatic carbocycles. The van der Waals surface area contributed by atoms with E-state index in [1.807, 2.05) is 11.9 Å². The van der Waals surface area contributed by atoms with Crippen molar-refractivity contribution < 1.29 is 30.3 Å². The number of likely N-dealkylation sites (N-methyl/N-ethyl adjacent to an activating group) is 1. The third kappa shape index (κ3) is 29.9. The van der Waals surface area contributed by atoms with Crippen LogP contribution in [-0.2, 0) is 4.79 Å². The number of aliphatic hydroxyl groups is 5. The SMILES string of the molecule is CC(C)CN1CC(C2CC(O)C2)C1.CC(C)CN1CC(N2CCC(O)C2)C1.CC(C)CN1CC(N2CCC(O)CC2)C1.CC(C)CN1CC(N2CCCC(O)C2)C1.CC(C)CN1CC(N2CCCC2)C1.CC(C)CN1CC(N2CCCCC2)C1.CC(C)CN1CC(O)(CN(C)C(C)(C)C(N)=O)C1. The van der Waals surface area contributed by atoms with E-state index >= 15 is 0 Å². The Morgan fingerprint density at radius 1 is 0.373 bits per heavy atom. The molecule has 13 aliphatic rings. The molecule has 0 radical (unpaired) electrons. The lowest BCUT2D eigenvalue weighted by Crippen LogP contribution is -2.68. The summed E-state index contributed by atoms with van der Waals surface area (Å²) in [6.07, 6.45) is 14.3. The molecule has 0 aromatic heterocycles. The molecule has 2 unspecified atom stereocenters. The highest BCUT2D eigenvalue weighted by Gasteiger charge is 2.46. The fourth-order valence-electron chi connectivity index (χ4n) is 18.2. The average molecular weight is 1440 g/mol. The molecular formula is C82H164N14O6. The summed E-state index contributed by atoms with van der Waals surface area (Å²) in [6, 6.07) is 4.02. The van der Waals surface area contributed by atoms with Gasteiger partial charge in [-0.2, -0.15) is 0 Å². The van der Waals surface area contributed by atoms with Gasteiger partial charge in [-0.25, -0.2) is 0 Å². The summed E-state index contributed by atoms with van der Waals surface area (Å²) < 4.78 is 0. The third-order valence-corrected chi connectivity index (χ3v) is 24.2. The number of carbonyl (C=O) groups is 1. The maximum atomic E-state index is 11.4. The van der Waals surface area contributed by atoms with Gasteiger partial charge in [-0.05, 0) is 178 Å². The highest BCUT2D eigenvalue weighted by Crippen LogP contribution is 2.39. The lowest BCUT2D eigenvalue weighted by Gasteiger charge is -2.50. The highest BCUT2D eigenvalue weighted by molar-refractivity contribution is 5.83. The van der Waals surface area contributed by atoms with Crippen molar-refractivity contribution in [1.29, 1.82) is 0 Å². The number of aliphatic hydroxyl groups excluding tert-OH is 4. The number of β-amino-alcohol motifs (C(OH)–C–C–N with tert-alkyl or cyclic N) is 3. The van der Waals surface area contributed by atoms with Gasteiger partial charge in [0.05, 0.1) is 30.0 Å². The van der Waals surface area contributed by atoms with Gasteiger partial charge in [0, 0.05) is 207 Å². The minimum Gasteiger partial charge on any atom is -0.393 e. The number of rotatable bonds is 24. The molecular weight excluding hydrogens is 1280 g/mol. The molecule has 2 atom stereocenters. The molecule has 13 rings (SSSR count). The minimum absolute atomic E-state index is 0.0316. The number of likely N-dealkylation sites (tertiary alicyclic amines) is 12. The molecule has 1 amide bonds. The van der Waals surface area contributed by atoms with Gasteiger partial charge in [0.2, 0.25) is 5.91 Å². The molecule has 20 heteroatoms. The molecule has 102 heavy (non-hydrogen) atoms. The fraction of sp³-hybridized carbons (Fsp3) is 0.988. The molecule has 0 spiro atoms. The number of nitrogens with zero attached hydrogens (tertiary/aromatic N) is 13. The third-order valence-electron chi connectivity index (χ3n) is 24.2. The van der Waals surface area contributed by atoms with Crippen molar-refractivity contribution in [3.8, 4) is 0 Å². The zero-order chi connectivity index (χ0) is 74.6. The Morgan fingerprint density at radius 3 is 0.990 bits per heavy atom.